The van der Waals surface area contributed by atoms with Crippen LogP contribution in [-0.2, 0) is 26.0 Å². The second kappa shape index (κ2) is 12.3. The Balaban J connectivity index is 1.18. The molecular formula is C30H37N3O. The molecule has 178 valence electrons. The molecule has 0 aliphatic carbocycles. The molecule has 4 nitrogen and oxygen atoms in total. The van der Waals surface area contributed by atoms with Crippen LogP contribution in [0.2, 0.25) is 0 Å². The molecule has 0 aromatic heterocycles. The van der Waals surface area contributed by atoms with Gasteiger partial charge in [-0.15, -0.1) is 0 Å². The number of hydrogen-bond donors (Lipinski definition) is 1. The lowest BCUT2D eigenvalue weighted by Gasteiger charge is -2.16. The van der Waals surface area contributed by atoms with Crippen LogP contribution in [0.4, 0.5) is 0 Å². The first kappa shape index (κ1) is 23.9. The summed E-state index contributed by atoms with van der Waals surface area (Å²) in [5.41, 5.74) is 6.62. The molecule has 0 amide bonds. The molecule has 0 fully saturated rings. The SMILES string of the molecule is CN1C=C(CCNCc2ccc(CCCc3ccccc3OCc3ccccc3)cc2)N(C)C1. The van der Waals surface area contributed by atoms with Crippen molar-refractivity contribution in [2.75, 3.05) is 27.3 Å². The molecule has 4 rings (SSSR count). The zero-order valence-corrected chi connectivity index (χ0v) is 20.5. The topological polar surface area (TPSA) is 27.7 Å². The van der Waals surface area contributed by atoms with Crippen LogP contribution in [0.15, 0.2) is 90.8 Å². The highest BCUT2D eigenvalue weighted by Crippen LogP contribution is 2.22. The summed E-state index contributed by atoms with van der Waals surface area (Å²) < 4.78 is 6.12. The van der Waals surface area contributed by atoms with Crippen LogP contribution in [0, 0.1) is 0 Å². The lowest BCUT2D eigenvalue weighted by molar-refractivity contribution is 0.302. The fourth-order valence-corrected chi connectivity index (χ4v) is 4.42. The highest BCUT2D eigenvalue weighted by atomic mass is 16.5. The highest BCUT2D eigenvalue weighted by molar-refractivity contribution is 5.34. The molecule has 1 heterocycles. The minimum atomic E-state index is 0.610. The van der Waals surface area contributed by atoms with Gasteiger partial charge in [-0.1, -0.05) is 72.8 Å². The number of nitrogens with zero attached hydrogens (tertiary/aromatic N) is 2. The van der Waals surface area contributed by atoms with E-state index in [0.717, 1.165) is 51.2 Å². The molecule has 0 atom stereocenters. The van der Waals surface area contributed by atoms with E-state index in [4.69, 9.17) is 4.74 Å². The van der Waals surface area contributed by atoms with E-state index >= 15 is 0 Å². The fourth-order valence-electron chi connectivity index (χ4n) is 4.42. The summed E-state index contributed by atoms with van der Waals surface area (Å²) in [6.45, 7) is 3.51. The predicted octanol–water partition coefficient (Wildman–Crippen LogP) is 5.60. The van der Waals surface area contributed by atoms with Gasteiger partial charge in [-0.05, 0) is 47.6 Å². The molecule has 3 aromatic rings. The molecule has 0 saturated carbocycles. The Bertz CT molecular complexity index is 1050. The highest BCUT2D eigenvalue weighted by Gasteiger charge is 2.13. The maximum Gasteiger partial charge on any atom is 0.122 e. The summed E-state index contributed by atoms with van der Waals surface area (Å²) in [6.07, 6.45) is 6.52. The molecular weight excluding hydrogens is 418 g/mol. The largest absolute Gasteiger partial charge is 0.489 e. The number of ether oxygens (including phenoxy) is 1. The van der Waals surface area contributed by atoms with Crippen molar-refractivity contribution in [2.24, 2.45) is 0 Å². The van der Waals surface area contributed by atoms with Crippen molar-refractivity contribution in [1.82, 2.24) is 15.1 Å². The monoisotopic (exact) mass is 455 g/mol. The van der Waals surface area contributed by atoms with Gasteiger partial charge < -0.3 is 19.9 Å². The van der Waals surface area contributed by atoms with Gasteiger partial charge in [0, 0.05) is 45.5 Å². The Hall–Kier alpha value is -3.24. The number of benzene rings is 3. The molecule has 34 heavy (non-hydrogen) atoms. The van der Waals surface area contributed by atoms with Gasteiger partial charge in [0.15, 0.2) is 0 Å². The second-order valence-electron chi connectivity index (χ2n) is 9.20. The molecule has 0 bridgehead atoms. The van der Waals surface area contributed by atoms with Crippen LogP contribution in [0.25, 0.3) is 0 Å². The van der Waals surface area contributed by atoms with E-state index in [1.807, 2.05) is 6.07 Å². The minimum Gasteiger partial charge on any atom is -0.489 e. The van der Waals surface area contributed by atoms with Gasteiger partial charge in [0.25, 0.3) is 0 Å². The second-order valence-corrected chi connectivity index (χ2v) is 9.20. The Morgan fingerprint density at radius 2 is 1.50 bits per heavy atom. The van der Waals surface area contributed by atoms with Gasteiger partial charge >= 0.3 is 0 Å². The summed E-state index contributed by atoms with van der Waals surface area (Å²) in [6, 6.07) is 27.8. The average molecular weight is 456 g/mol. The zero-order chi connectivity index (χ0) is 23.6. The van der Waals surface area contributed by atoms with Crippen LogP contribution in [0.3, 0.4) is 0 Å². The van der Waals surface area contributed by atoms with Gasteiger partial charge in [-0.3, -0.25) is 0 Å². The van der Waals surface area contributed by atoms with E-state index in [2.05, 4.69) is 108 Å². The minimum absolute atomic E-state index is 0.610. The van der Waals surface area contributed by atoms with E-state index in [1.54, 1.807) is 0 Å². The maximum absolute atomic E-state index is 6.12. The van der Waals surface area contributed by atoms with Crippen molar-refractivity contribution < 1.29 is 4.74 Å². The molecule has 0 radical (unpaired) electrons. The van der Waals surface area contributed by atoms with Crippen LogP contribution >= 0.6 is 0 Å². The van der Waals surface area contributed by atoms with Crippen LogP contribution in [-0.4, -0.2) is 37.1 Å². The summed E-state index contributed by atoms with van der Waals surface area (Å²) in [4.78, 5) is 4.54. The molecule has 0 saturated heterocycles. The van der Waals surface area contributed by atoms with Crippen molar-refractivity contribution in [2.45, 2.75) is 38.8 Å². The van der Waals surface area contributed by atoms with E-state index in [1.165, 1.54) is 28.0 Å². The standard InChI is InChI=1S/C30H37N3O/c1-32-22-29(33(2)24-32)19-20-31-21-26-17-15-25(16-18-26)11-8-13-28-12-6-7-14-30(28)34-23-27-9-4-3-5-10-27/h3-7,9-10,12,14-18,22,31H,8,11,13,19-21,23-24H2,1-2H3. The third kappa shape index (κ3) is 7.13. The smallest absolute Gasteiger partial charge is 0.122 e. The molecule has 1 aliphatic rings. The molecule has 1 aliphatic heterocycles. The number of rotatable bonds is 12. The number of hydrogen-bond acceptors (Lipinski definition) is 4. The third-order valence-electron chi connectivity index (χ3n) is 6.33. The van der Waals surface area contributed by atoms with E-state index in [9.17, 15) is 0 Å². The van der Waals surface area contributed by atoms with Crippen molar-refractivity contribution in [3.63, 3.8) is 0 Å². The first-order valence-corrected chi connectivity index (χ1v) is 12.3. The van der Waals surface area contributed by atoms with E-state index in [0.29, 0.717) is 6.61 Å². The lowest BCUT2D eigenvalue weighted by atomic mass is 10.0. The first-order valence-electron chi connectivity index (χ1n) is 12.3. The average Bonchev–Trinajstić information content (AvgIpc) is 3.19. The summed E-state index contributed by atoms with van der Waals surface area (Å²) >= 11 is 0. The van der Waals surface area contributed by atoms with Gasteiger partial charge in [0.1, 0.15) is 12.4 Å². The van der Waals surface area contributed by atoms with Gasteiger partial charge in [0.2, 0.25) is 0 Å². The van der Waals surface area contributed by atoms with Gasteiger partial charge in [0.05, 0.1) is 6.67 Å². The Labute approximate surface area is 204 Å². The van der Waals surface area contributed by atoms with Crippen molar-refractivity contribution >= 4 is 0 Å². The number of aryl methyl sites for hydroxylation is 2. The van der Waals surface area contributed by atoms with Gasteiger partial charge in [-0.2, -0.15) is 0 Å². The molecule has 3 aromatic carbocycles. The van der Waals surface area contributed by atoms with Crippen LogP contribution < -0.4 is 10.1 Å². The third-order valence-corrected chi connectivity index (χ3v) is 6.33. The van der Waals surface area contributed by atoms with E-state index in [-0.39, 0.29) is 0 Å². The molecule has 4 heteroatoms. The van der Waals surface area contributed by atoms with Crippen molar-refractivity contribution in [3.05, 3.63) is 113 Å². The van der Waals surface area contributed by atoms with Crippen molar-refractivity contribution in [1.29, 1.82) is 0 Å². The molecule has 0 unspecified atom stereocenters. The summed E-state index contributed by atoms with van der Waals surface area (Å²) in [5, 5.41) is 3.58. The van der Waals surface area contributed by atoms with Crippen LogP contribution in [0.1, 0.15) is 35.1 Å². The fraction of sp³-hybridized carbons (Fsp3) is 0.333. The summed E-state index contributed by atoms with van der Waals surface area (Å²) in [5.74, 6) is 0.999. The quantitative estimate of drug-likeness (QED) is 0.360. The first-order chi connectivity index (χ1) is 16.7. The molecule has 0 spiro atoms. The Morgan fingerprint density at radius 3 is 2.26 bits per heavy atom. The Morgan fingerprint density at radius 1 is 0.765 bits per heavy atom. The van der Waals surface area contributed by atoms with Gasteiger partial charge in [-0.25, -0.2) is 0 Å². The van der Waals surface area contributed by atoms with Crippen molar-refractivity contribution in [3.8, 4) is 5.75 Å². The number of nitrogens with one attached hydrogen (secondary N) is 1. The molecule has 1 N–H and O–H groups in total. The predicted molar refractivity (Wildman–Crippen MR) is 140 cm³/mol. The zero-order valence-electron chi connectivity index (χ0n) is 20.5. The van der Waals surface area contributed by atoms with Crippen LogP contribution in [0.5, 0.6) is 5.75 Å². The summed E-state index contributed by atoms with van der Waals surface area (Å²) in [7, 11) is 4.28. The lowest BCUT2D eigenvalue weighted by Crippen LogP contribution is -2.22. The Kier molecular flexibility index (Phi) is 8.64. The number of para-hydroxylation sites is 1. The van der Waals surface area contributed by atoms with E-state index < -0.39 is 0 Å². The maximum atomic E-state index is 6.12. The normalized spacial score (nSPS) is 13.3.